The van der Waals surface area contributed by atoms with Crippen LogP contribution in [0, 0.1) is 12.7 Å². The molecule has 0 aliphatic carbocycles. The van der Waals surface area contributed by atoms with E-state index in [9.17, 15) is 18.0 Å². The summed E-state index contributed by atoms with van der Waals surface area (Å²) in [5, 5.41) is 3.10. The number of sulfonamides is 1. The van der Waals surface area contributed by atoms with E-state index in [1.54, 1.807) is 18.2 Å². The minimum absolute atomic E-state index is 0.0427. The second-order valence-electron chi connectivity index (χ2n) is 11.3. The Labute approximate surface area is 281 Å². The Morgan fingerprint density at radius 2 is 1.62 bits per heavy atom. The normalized spacial score (nSPS) is 12.6. The van der Waals surface area contributed by atoms with Gasteiger partial charge in [0.15, 0.2) is 0 Å². The summed E-state index contributed by atoms with van der Waals surface area (Å²) in [6.07, 6.45) is 0.758. The number of nitrogens with one attached hydrogen (secondary N) is 1. The molecule has 0 aliphatic heterocycles. The van der Waals surface area contributed by atoms with Crippen LogP contribution >= 0.6 is 11.6 Å². The molecule has 4 aromatic carbocycles. The van der Waals surface area contributed by atoms with Gasteiger partial charge >= 0.3 is 0 Å². The van der Waals surface area contributed by atoms with Gasteiger partial charge in [-0.25, -0.2) is 12.8 Å². The van der Waals surface area contributed by atoms with E-state index in [-0.39, 0.29) is 40.2 Å². The number of hydrogen-bond donors (Lipinski definition) is 1. The van der Waals surface area contributed by atoms with Gasteiger partial charge in [-0.15, -0.1) is 0 Å². The fourth-order valence-corrected chi connectivity index (χ4v) is 6.64. The molecule has 11 heteroatoms. The number of rotatable bonds is 14. The van der Waals surface area contributed by atoms with Crippen LogP contribution in [-0.4, -0.2) is 50.9 Å². The van der Waals surface area contributed by atoms with E-state index < -0.39 is 40.2 Å². The zero-order valence-corrected chi connectivity index (χ0v) is 28.4. The number of hydrogen-bond acceptors (Lipinski definition) is 5. The van der Waals surface area contributed by atoms with Gasteiger partial charge in [-0.3, -0.25) is 13.9 Å². The molecule has 2 atom stereocenters. The molecule has 47 heavy (non-hydrogen) atoms. The number of methoxy groups -OCH3 is 1. The van der Waals surface area contributed by atoms with Crippen LogP contribution in [0.1, 0.15) is 37.0 Å². The minimum atomic E-state index is -4.33. The van der Waals surface area contributed by atoms with Gasteiger partial charge in [-0.2, -0.15) is 0 Å². The van der Waals surface area contributed by atoms with E-state index in [1.165, 1.54) is 60.5 Å². The SMILES string of the molecule is CC[C@H](C)NC(=O)[C@@H](Cc1ccccc1)N(Cc1ccccc1F)C(=O)CN(c1ccc(OC)c(Cl)c1)S(=O)(=O)c1ccc(C)cc1. The summed E-state index contributed by atoms with van der Waals surface area (Å²) < 4.78 is 49.7. The van der Waals surface area contributed by atoms with Crippen molar-refractivity contribution in [3.8, 4) is 5.75 Å². The zero-order chi connectivity index (χ0) is 34.1. The first-order valence-corrected chi connectivity index (χ1v) is 17.1. The van der Waals surface area contributed by atoms with Crippen LogP contribution in [0.4, 0.5) is 10.1 Å². The van der Waals surface area contributed by atoms with Crippen molar-refractivity contribution in [3.63, 3.8) is 0 Å². The molecule has 0 saturated carbocycles. The highest BCUT2D eigenvalue weighted by molar-refractivity contribution is 7.92. The van der Waals surface area contributed by atoms with Crippen LogP contribution in [0.2, 0.25) is 5.02 Å². The van der Waals surface area contributed by atoms with Crippen molar-refractivity contribution in [2.75, 3.05) is 18.0 Å². The molecule has 0 aromatic heterocycles. The zero-order valence-electron chi connectivity index (χ0n) is 26.8. The van der Waals surface area contributed by atoms with E-state index in [0.717, 1.165) is 15.4 Å². The van der Waals surface area contributed by atoms with Gasteiger partial charge in [-0.1, -0.05) is 84.8 Å². The standard InChI is InChI=1S/C36H39ClFN3O5S/c1-5-26(3)39-36(43)33(21-27-11-7-6-8-12-27)40(23-28-13-9-10-14-32(28)38)35(42)24-41(29-17-20-34(46-4)31(37)22-29)47(44,45)30-18-15-25(2)16-19-30/h6-20,22,26,33H,5,21,23-24H2,1-4H3,(H,39,43)/t26-,33+/m0/s1. The summed E-state index contributed by atoms with van der Waals surface area (Å²) in [5.74, 6) is -1.39. The Hall–Kier alpha value is -4.41. The molecule has 0 saturated heterocycles. The third kappa shape index (κ3) is 8.90. The molecule has 4 rings (SSSR count). The van der Waals surface area contributed by atoms with Crippen molar-refractivity contribution in [2.24, 2.45) is 0 Å². The first-order chi connectivity index (χ1) is 22.4. The van der Waals surface area contributed by atoms with Crippen molar-refractivity contribution in [2.45, 2.75) is 57.1 Å². The van der Waals surface area contributed by atoms with Gasteiger partial charge in [0, 0.05) is 24.6 Å². The fraction of sp³-hybridized carbons (Fsp3) is 0.278. The number of benzene rings is 4. The lowest BCUT2D eigenvalue weighted by atomic mass is 10.0. The number of halogens is 2. The number of carbonyl (C=O) groups is 2. The third-order valence-electron chi connectivity index (χ3n) is 7.88. The monoisotopic (exact) mass is 679 g/mol. The Bertz CT molecular complexity index is 1790. The average Bonchev–Trinajstić information content (AvgIpc) is 3.06. The van der Waals surface area contributed by atoms with Crippen LogP contribution in [0.3, 0.4) is 0 Å². The molecule has 1 N–H and O–H groups in total. The van der Waals surface area contributed by atoms with Crippen molar-refractivity contribution in [1.82, 2.24) is 10.2 Å². The Balaban J connectivity index is 1.84. The molecule has 8 nitrogen and oxygen atoms in total. The highest BCUT2D eigenvalue weighted by atomic mass is 35.5. The summed E-state index contributed by atoms with van der Waals surface area (Å²) in [4.78, 5) is 29.6. The van der Waals surface area contributed by atoms with Gasteiger partial charge in [0.05, 0.1) is 22.7 Å². The van der Waals surface area contributed by atoms with Gasteiger partial charge in [0.25, 0.3) is 10.0 Å². The van der Waals surface area contributed by atoms with Gasteiger partial charge in [-0.05, 0) is 62.2 Å². The minimum Gasteiger partial charge on any atom is -0.495 e. The van der Waals surface area contributed by atoms with E-state index >= 15 is 4.39 Å². The Morgan fingerprint density at radius 1 is 0.957 bits per heavy atom. The predicted octanol–water partition coefficient (Wildman–Crippen LogP) is 6.55. The van der Waals surface area contributed by atoms with Crippen LogP contribution in [-0.2, 0) is 32.6 Å². The summed E-state index contributed by atoms with van der Waals surface area (Å²) in [5.41, 5.74) is 1.91. The average molecular weight is 680 g/mol. The van der Waals surface area contributed by atoms with Gasteiger partial charge in [0.1, 0.15) is 24.2 Å². The van der Waals surface area contributed by atoms with E-state index in [2.05, 4.69) is 5.32 Å². The van der Waals surface area contributed by atoms with Gasteiger partial charge in [0.2, 0.25) is 11.8 Å². The van der Waals surface area contributed by atoms with Crippen molar-refractivity contribution in [3.05, 3.63) is 125 Å². The molecule has 2 amide bonds. The molecular weight excluding hydrogens is 641 g/mol. The maximum absolute atomic E-state index is 15.1. The maximum Gasteiger partial charge on any atom is 0.264 e. The molecule has 0 spiro atoms. The smallest absolute Gasteiger partial charge is 0.264 e. The molecule has 4 aromatic rings. The Kier molecular flexibility index (Phi) is 12.0. The second-order valence-corrected chi connectivity index (χ2v) is 13.5. The number of ether oxygens (including phenoxy) is 1. The number of anilines is 1. The van der Waals surface area contributed by atoms with E-state index in [4.69, 9.17) is 16.3 Å². The molecule has 248 valence electrons. The van der Waals surface area contributed by atoms with Crippen LogP contribution < -0.4 is 14.4 Å². The van der Waals surface area contributed by atoms with Crippen LogP contribution in [0.25, 0.3) is 0 Å². The van der Waals surface area contributed by atoms with Crippen LogP contribution in [0.15, 0.2) is 102 Å². The third-order valence-corrected chi connectivity index (χ3v) is 9.97. The van der Waals surface area contributed by atoms with Crippen molar-refractivity contribution < 1.29 is 27.1 Å². The summed E-state index contributed by atoms with van der Waals surface area (Å²) in [7, 11) is -2.90. The number of carbonyl (C=O) groups excluding carboxylic acids is 2. The molecule has 0 radical (unpaired) electrons. The largest absolute Gasteiger partial charge is 0.495 e. The second kappa shape index (κ2) is 15.9. The molecule has 0 aliphatic rings. The molecule has 0 bridgehead atoms. The number of amides is 2. The lowest BCUT2D eigenvalue weighted by Crippen LogP contribution is -2.54. The first-order valence-electron chi connectivity index (χ1n) is 15.2. The Morgan fingerprint density at radius 3 is 2.23 bits per heavy atom. The number of nitrogens with zero attached hydrogens (tertiary/aromatic N) is 2. The molecule has 0 fully saturated rings. The lowest BCUT2D eigenvalue weighted by molar-refractivity contribution is -0.140. The molecule has 0 unspecified atom stereocenters. The van der Waals surface area contributed by atoms with E-state index in [0.29, 0.717) is 12.2 Å². The number of aryl methyl sites for hydroxylation is 1. The highest BCUT2D eigenvalue weighted by Crippen LogP contribution is 2.32. The summed E-state index contributed by atoms with van der Waals surface area (Å²) in [6, 6.07) is 24.5. The lowest BCUT2D eigenvalue weighted by Gasteiger charge is -2.34. The van der Waals surface area contributed by atoms with Crippen LogP contribution in [0.5, 0.6) is 5.75 Å². The maximum atomic E-state index is 15.1. The van der Waals surface area contributed by atoms with Crippen molar-refractivity contribution >= 4 is 39.1 Å². The molecule has 0 heterocycles. The molecular formula is C36H39ClFN3O5S. The summed E-state index contributed by atoms with van der Waals surface area (Å²) >= 11 is 6.42. The van der Waals surface area contributed by atoms with E-state index in [1.807, 2.05) is 51.1 Å². The highest BCUT2D eigenvalue weighted by Gasteiger charge is 2.35. The first kappa shape index (κ1) is 35.4. The van der Waals surface area contributed by atoms with Crippen molar-refractivity contribution in [1.29, 1.82) is 0 Å². The summed E-state index contributed by atoms with van der Waals surface area (Å²) in [6.45, 7) is 4.63. The van der Waals surface area contributed by atoms with Gasteiger partial charge < -0.3 is 15.0 Å². The fourth-order valence-electron chi connectivity index (χ4n) is 4.98. The quantitative estimate of drug-likeness (QED) is 0.163. The topological polar surface area (TPSA) is 96.0 Å². The predicted molar refractivity (Wildman–Crippen MR) is 182 cm³/mol.